The summed E-state index contributed by atoms with van der Waals surface area (Å²) in [5, 5.41) is 0. The first-order valence-electron chi connectivity index (χ1n) is 5.50. The molecule has 2 aromatic rings. The van der Waals surface area contributed by atoms with Crippen LogP contribution >= 0.6 is 15.9 Å². The van der Waals surface area contributed by atoms with Crippen LogP contribution < -0.4 is 4.74 Å². The fourth-order valence-corrected chi connectivity index (χ4v) is 2.02. The number of ether oxygens (including phenoxy) is 1. The maximum absolute atomic E-state index is 12.7. The van der Waals surface area contributed by atoms with Gasteiger partial charge in [-0.1, -0.05) is 46.3 Å². The molecule has 0 N–H and O–H groups in total. The summed E-state index contributed by atoms with van der Waals surface area (Å²) in [7, 11) is 0. The maximum atomic E-state index is 12.7. The molecular formula is C14H10BrF3O. The Morgan fingerprint density at radius 3 is 2.32 bits per heavy atom. The molecule has 0 bridgehead atoms. The van der Waals surface area contributed by atoms with Gasteiger partial charge in [0.05, 0.1) is 5.56 Å². The normalized spacial score (nSPS) is 11.4. The molecule has 0 fully saturated rings. The highest BCUT2D eigenvalue weighted by molar-refractivity contribution is 9.10. The zero-order valence-electron chi connectivity index (χ0n) is 9.75. The number of benzene rings is 2. The molecule has 0 radical (unpaired) electrons. The van der Waals surface area contributed by atoms with Gasteiger partial charge in [0.2, 0.25) is 0 Å². The van der Waals surface area contributed by atoms with E-state index in [0.717, 1.165) is 11.6 Å². The molecular weight excluding hydrogens is 321 g/mol. The predicted molar refractivity (Wildman–Crippen MR) is 69.9 cm³/mol. The smallest absolute Gasteiger partial charge is 0.417 e. The molecule has 0 atom stereocenters. The summed E-state index contributed by atoms with van der Waals surface area (Å²) in [5.74, 6) is 0.194. The van der Waals surface area contributed by atoms with Gasteiger partial charge in [-0.3, -0.25) is 0 Å². The van der Waals surface area contributed by atoms with Crippen LogP contribution in [-0.4, -0.2) is 0 Å². The summed E-state index contributed by atoms with van der Waals surface area (Å²) in [6.07, 6.45) is -4.40. The third-order valence-electron chi connectivity index (χ3n) is 2.49. The van der Waals surface area contributed by atoms with E-state index < -0.39 is 11.7 Å². The van der Waals surface area contributed by atoms with Crippen LogP contribution in [0.4, 0.5) is 13.2 Å². The molecule has 2 rings (SSSR count). The Morgan fingerprint density at radius 1 is 1.00 bits per heavy atom. The summed E-state index contributed by atoms with van der Waals surface area (Å²) in [5.41, 5.74) is 0.164. The van der Waals surface area contributed by atoms with Gasteiger partial charge in [-0.15, -0.1) is 0 Å². The Morgan fingerprint density at radius 2 is 1.68 bits per heavy atom. The van der Waals surface area contributed by atoms with Gasteiger partial charge in [0, 0.05) is 4.47 Å². The van der Waals surface area contributed by atoms with Crippen LogP contribution in [0.15, 0.2) is 53.0 Å². The zero-order valence-corrected chi connectivity index (χ0v) is 11.3. The van der Waals surface area contributed by atoms with Crippen molar-refractivity contribution >= 4 is 15.9 Å². The van der Waals surface area contributed by atoms with Crippen molar-refractivity contribution in [3.63, 3.8) is 0 Å². The fourth-order valence-electron chi connectivity index (χ4n) is 1.55. The Bertz CT molecular complexity index is 552. The molecule has 100 valence electrons. The standard InChI is InChI=1S/C14H10BrF3O/c15-13-7-6-11(8-12(13)14(16,17)18)19-9-10-4-2-1-3-5-10/h1-8H,9H2. The van der Waals surface area contributed by atoms with E-state index in [1.807, 2.05) is 30.3 Å². The molecule has 0 amide bonds. The van der Waals surface area contributed by atoms with Gasteiger partial charge < -0.3 is 4.74 Å². The van der Waals surface area contributed by atoms with Crippen molar-refractivity contribution in [3.8, 4) is 5.75 Å². The summed E-state index contributed by atoms with van der Waals surface area (Å²) in [6, 6.07) is 13.1. The van der Waals surface area contributed by atoms with Crippen molar-refractivity contribution in [3.05, 3.63) is 64.1 Å². The van der Waals surface area contributed by atoms with Gasteiger partial charge in [0.25, 0.3) is 0 Å². The minimum absolute atomic E-state index is 0.00654. The highest BCUT2D eigenvalue weighted by Crippen LogP contribution is 2.36. The van der Waals surface area contributed by atoms with Crippen molar-refractivity contribution in [1.29, 1.82) is 0 Å². The van der Waals surface area contributed by atoms with Crippen molar-refractivity contribution in [1.82, 2.24) is 0 Å². The topological polar surface area (TPSA) is 9.23 Å². The van der Waals surface area contributed by atoms with Gasteiger partial charge in [-0.25, -0.2) is 0 Å². The third kappa shape index (κ3) is 3.73. The van der Waals surface area contributed by atoms with E-state index >= 15 is 0 Å². The van der Waals surface area contributed by atoms with Gasteiger partial charge in [-0.2, -0.15) is 13.2 Å². The Kier molecular flexibility index (Phi) is 4.14. The molecule has 0 saturated heterocycles. The lowest BCUT2D eigenvalue weighted by Crippen LogP contribution is -2.06. The molecule has 0 aliphatic carbocycles. The highest BCUT2D eigenvalue weighted by Gasteiger charge is 2.33. The zero-order chi connectivity index (χ0) is 13.9. The van der Waals surface area contributed by atoms with Crippen molar-refractivity contribution < 1.29 is 17.9 Å². The molecule has 19 heavy (non-hydrogen) atoms. The lowest BCUT2D eigenvalue weighted by atomic mass is 10.2. The number of halogens is 4. The van der Waals surface area contributed by atoms with Crippen LogP contribution in [0.1, 0.15) is 11.1 Å². The monoisotopic (exact) mass is 330 g/mol. The van der Waals surface area contributed by atoms with E-state index in [0.29, 0.717) is 0 Å². The molecule has 0 unspecified atom stereocenters. The predicted octanol–water partition coefficient (Wildman–Crippen LogP) is 5.05. The fraction of sp³-hybridized carbons (Fsp3) is 0.143. The van der Waals surface area contributed by atoms with Crippen LogP contribution in [0.5, 0.6) is 5.75 Å². The van der Waals surface area contributed by atoms with Gasteiger partial charge >= 0.3 is 6.18 Å². The second-order valence-corrected chi connectivity index (χ2v) is 4.77. The van der Waals surface area contributed by atoms with E-state index in [1.165, 1.54) is 12.1 Å². The summed E-state index contributed by atoms with van der Waals surface area (Å²) >= 11 is 2.89. The lowest BCUT2D eigenvalue weighted by Gasteiger charge is -2.12. The Labute approximate surface area is 117 Å². The first-order valence-corrected chi connectivity index (χ1v) is 6.29. The van der Waals surface area contributed by atoms with Crippen LogP contribution in [-0.2, 0) is 12.8 Å². The van der Waals surface area contributed by atoms with Gasteiger partial charge in [-0.05, 0) is 23.8 Å². The molecule has 0 aliphatic rings. The second kappa shape index (κ2) is 5.65. The summed E-state index contributed by atoms with van der Waals surface area (Å²) < 4.78 is 43.5. The van der Waals surface area contributed by atoms with E-state index in [1.54, 1.807) is 0 Å². The average Bonchev–Trinajstić information content (AvgIpc) is 2.37. The highest BCUT2D eigenvalue weighted by atomic mass is 79.9. The minimum atomic E-state index is -4.40. The average molecular weight is 331 g/mol. The van der Waals surface area contributed by atoms with E-state index in [2.05, 4.69) is 15.9 Å². The maximum Gasteiger partial charge on any atom is 0.417 e. The molecule has 0 spiro atoms. The molecule has 0 saturated carbocycles. The molecule has 0 aliphatic heterocycles. The van der Waals surface area contributed by atoms with Crippen molar-refractivity contribution in [2.75, 3.05) is 0 Å². The Hall–Kier alpha value is -1.49. The van der Waals surface area contributed by atoms with E-state index in [4.69, 9.17) is 4.74 Å². The number of rotatable bonds is 3. The van der Waals surface area contributed by atoms with Crippen LogP contribution in [0.25, 0.3) is 0 Å². The second-order valence-electron chi connectivity index (χ2n) is 3.91. The largest absolute Gasteiger partial charge is 0.489 e. The molecule has 0 aromatic heterocycles. The number of alkyl halides is 3. The summed E-state index contributed by atoms with van der Waals surface area (Å²) in [4.78, 5) is 0. The molecule has 1 nitrogen and oxygen atoms in total. The molecule has 2 aromatic carbocycles. The van der Waals surface area contributed by atoms with Crippen molar-refractivity contribution in [2.24, 2.45) is 0 Å². The van der Waals surface area contributed by atoms with Crippen molar-refractivity contribution in [2.45, 2.75) is 12.8 Å². The quantitative estimate of drug-likeness (QED) is 0.765. The lowest BCUT2D eigenvalue weighted by molar-refractivity contribution is -0.138. The summed E-state index contributed by atoms with van der Waals surface area (Å²) in [6.45, 7) is 0.236. The van der Waals surface area contributed by atoms with Crippen LogP contribution in [0.3, 0.4) is 0 Å². The molecule has 0 heterocycles. The third-order valence-corrected chi connectivity index (χ3v) is 3.18. The Balaban J connectivity index is 2.14. The number of hydrogen-bond acceptors (Lipinski definition) is 1. The van der Waals surface area contributed by atoms with E-state index in [-0.39, 0.29) is 16.8 Å². The number of hydrogen-bond donors (Lipinski definition) is 0. The van der Waals surface area contributed by atoms with Crippen LogP contribution in [0, 0.1) is 0 Å². The van der Waals surface area contributed by atoms with Gasteiger partial charge in [0.1, 0.15) is 12.4 Å². The minimum Gasteiger partial charge on any atom is -0.489 e. The van der Waals surface area contributed by atoms with Crippen LogP contribution in [0.2, 0.25) is 0 Å². The van der Waals surface area contributed by atoms with Gasteiger partial charge in [0.15, 0.2) is 0 Å². The SMILES string of the molecule is FC(F)(F)c1cc(OCc2ccccc2)ccc1Br. The van der Waals surface area contributed by atoms with E-state index in [9.17, 15) is 13.2 Å². The molecule has 5 heteroatoms. The first kappa shape index (κ1) is 13.9. The first-order chi connectivity index (χ1) is 8.97.